The van der Waals surface area contributed by atoms with Crippen molar-refractivity contribution in [1.82, 2.24) is 0 Å². The zero-order valence-electron chi connectivity index (χ0n) is 15.0. The highest BCUT2D eigenvalue weighted by atomic mass is 16.5. The summed E-state index contributed by atoms with van der Waals surface area (Å²) in [6, 6.07) is 14.2. The van der Waals surface area contributed by atoms with Gasteiger partial charge in [-0.05, 0) is 49.4 Å². The Bertz CT molecular complexity index is 765. The van der Waals surface area contributed by atoms with Crippen LogP contribution in [0.4, 0.5) is 0 Å². The molecule has 0 unspecified atom stereocenters. The smallest absolute Gasteiger partial charge is 0.227 e. The molecular weight excluding hydrogens is 314 g/mol. The van der Waals surface area contributed by atoms with Gasteiger partial charge in [-0.15, -0.1) is 0 Å². The highest BCUT2D eigenvalue weighted by molar-refractivity contribution is 5.85. The lowest BCUT2D eigenvalue weighted by Crippen LogP contribution is -2.35. The second-order valence-corrected chi connectivity index (χ2v) is 7.22. The quantitative estimate of drug-likeness (QED) is 0.909. The van der Waals surface area contributed by atoms with Gasteiger partial charge in [-0.1, -0.05) is 36.4 Å². The van der Waals surface area contributed by atoms with Gasteiger partial charge in [0.05, 0.1) is 19.1 Å². The standard InChI is InChI=1S/C21H25NO3/c1-21(2,20(22)23)17-9-7-14(8-10-17)11-15-12-16-5-4-6-18(24-3)19(16)25-13-15/h4-10,15H,11-13H2,1-3H3,(H2,22,23)/t15-/m1/s1. The summed E-state index contributed by atoms with van der Waals surface area (Å²) < 4.78 is 11.3. The van der Waals surface area contributed by atoms with E-state index in [4.69, 9.17) is 15.2 Å². The summed E-state index contributed by atoms with van der Waals surface area (Å²) in [5, 5.41) is 0. The van der Waals surface area contributed by atoms with Crippen LogP contribution < -0.4 is 15.2 Å². The molecule has 0 bridgehead atoms. The minimum atomic E-state index is -0.651. The average molecular weight is 339 g/mol. The molecule has 25 heavy (non-hydrogen) atoms. The predicted octanol–water partition coefficient (Wildman–Crippen LogP) is 3.25. The molecule has 0 aliphatic carbocycles. The molecule has 2 aromatic rings. The van der Waals surface area contributed by atoms with Crippen LogP contribution in [-0.4, -0.2) is 19.6 Å². The zero-order chi connectivity index (χ0) is 18.0. The Kier molecular flexibility index (Phi) is 4.71. The Balaban J connectivity index is 1.70. The molecule has 4 nitrogen and oxygen atoms in total. The minimum absolute atomic E-state index is 0.313. The van der Waals surface area contributed by atoms with Gasteiger partial charge in [-0.2, -0.15) is 0 Å². The number of ether oxygens (including phenoxy) is 2. The van der Waals surface area contributed by atoms with Gasteiger partial charge < -0.3 is 15.2 Å². The molecule has 0 fully saturated rings. The van der Waals surface area contributed by atoms with Crippen LogP contribution in [-0.2, 0) is 23.1 Å². The highest BCUT2D eigenvalue weighted by Crippen LogP contribution is 2.36. The number of nitrogens with two attached hydrogens (primary N) is 1. The van der Waals surface area contributed by atoms with E-state index in [1.807, 2.05) is 38.1 Å². The van der Waals surface area contributed by atoms with Crippen LogP contribution in [0.1, 0.15) is 30.5 Å². The van der Waals surface area contributed by atoms with E-state index in [0.717, 1.165) is 29.9 Å². The van der Waals surface area contributed by atoms with Gasteiger partial charge in [-0.25, -0.2) is 0 Å². The largest absolute Gasteiger partial charge is 0.493 e. The summed E-state index contributed by atoms with van der Waals surface area (Å²) in [6.07, 6.45) is 1.91. The first kappa shape index (κ1) is 17.3. The fourth-order valence-electron chi connectivity index (χ4n) is 3.28. The van der Waals surface area contributed by atoms with E-state index in [9.17, 15) is 4.79 Å². The summed E-state index contributed by atoms with van der Waals surface area (Å²) in [6.45, 7) is 4.38. The SMILES string of the molecule is COc1cccc2c1OC[C@H](Cc1ccc(C(C)(C)C(N)=O)cc1)C2. The average Bonchev–Trinajstić information content (AvgIpc) is 2.61. The molecule has 2 aromatic carbocycles. The second-order valence-electron chi connectivity index (χ2n) is 7.22. The number of methoxy groups -OCH3 is 1. The third-order valence-electron chi connectivity index (χ3n) is 5.07. The molecule has 0 aromatic heterocycles. The molecule has 1 amide bonds. The maximum atomic E-state index is 11.6. The highest BCUT2D eigenvalue weighted by Gasteiger charge is 2.27. The molecule has 1 aliphatic heterocycles. The van der Waals surface area contributed by atoms with Crippen molar-refractivity contribution in [1.29, 1.82) is 0 Å². The number of fused-ring (bicyclic) bond motifs is 1. The Labute approximate surface area is 148 Å². The normalized spacial score (nSPS) is 16.7. The van der Waals surface area contributed by atoms with Crippen LogP contribution in [0, 0.1) is 5.92 Å². The van der Waals surface area contributed by atoms with Crippen molar-refractivity contribution >= 4 is 5.91 Å². The summed E-state index contributed by atoms with van der Waals surface area (Å²) in [5.74, 6) is 1.79. The van der Waals surface area contributed by atoms with Gasteiger partial charge in [0.1, 0.15) is 0 Å². The van der Waals surface area contributed by atoms with Crippen LogP contribution in [0.15, 0.2) is 42.5 Å². The lowest BCUT2D eigenvalue weighted by molar-refractivity contribution is -0.122. The van der Waals surface area contributed by atoms with E-state index >= 15 is 0 Å². The maximum absolute atomic E-state index is 11.6. The lowest BCUT2D eigenvalue weighted by Gasteiger charge is -2.27. The summed E-state index contributed by atoms with van der Waals surface area (Å²) in [4.78, 5) is 11.6. The van der Waals surface area contributed by atoms with Crippen LogP contribution in [0.2, 0.25) is 0 Å². The van der Waals surface area contributed by atoms with Crippen molar-refractivity contribution in [2.45, 2.75) is 32.1 Å². The van der Waals surface area contributed by atoms with Crippen LogP contribution in [0.25, 0.3) is 0 Å². The van der Waals surface area contributed by atoms with Crippen molar-refractivity contribution in [2.75, 3.05) is 13.7 Å². The van der Waals surface area contributed by atoms with Gasteiger partial charge in [-0.3, -0.25) is 4.79 Å². The van der Waals surface area contributed by atoms with Crippen LogP contribution in [0.5, 0.6) is 11.5 Å². The molecule has 1 atom stereocenters. The van der Waals surface area contributed by atoms with E-state index in [1.54, 1.807) is 7.11 Å². The summed E-state index contributed by atoms with van der Waals surface area (Å²) >= 11 is 0. The third-order valence-corrected chi connectivity index (χ3v) is 5.07. The number of amides is 1. The topological polar surface area (TPSA) is 61.6 Å². The molecular formula is C21H25NO3. The Morgan fingerprint density at radius 2 is 1.96 bits per heavy atom. The van der Waals surface area contributed by atoms with Crippen LogP contribution in [0.3, 0.4) is 0 Å². The van der Waals surface area contributed by atoms with Crippen molar-refractivity contribution in [3.8, 4) is 11.5 Å². The number of benzene rings is 2. The van der Waals surface area contributed by atoms with Gasteiger partial charge in [0.2, 0.25) is 5.91 Å². The number of para-hydroxylation sites is 1. The van der Waals surface area contributed by atoms with E-state index in [1.165, 1.54) is 11.1 Å². The number of primary amides is 1. The molecule has 4 heteroatoms. The van der Waals surface area contributed by atoms with Crippen molar-refractivity contribution in [3.63, 3.8) is 0 Å². The molecule has 0 saturated carbocycles. The van der Waals surface area contributed by atoms with E-state index < -0.39 is 5.41 Å². The number of hydrogen-bond acceptors (Lipinski definition) is 3. The molecule has 3 rings (SSSR count). The Hall–Kier alpha value is -2.49. The summed E-state index contributed by atoms with van der Waals surface area (Å²) in [7, 11) is 1.67. The van der Waals surface area contributed by atoms with Gasteiger partial charge >= 0.3 is 0 Å². The van der Waals surface area contributed by atoms with E-state index in [-0.39, 0.29) is 5.91 Å². The molecule has 0 radical (unpaired) electrons. The fourth-order valence-corrected chi connectivity index (χ4v) is 3.28. The molecule has 0 spiro atoms. The second kappa shape index (κ2) is 6.79. The van der Waals surface area contributed by atoms with Gasteiger partial charge in [0, 0.05) is 5.92 Å². The summed E-state index contributed by atoms with van der Waals surface area (Å²) in [5.41, 5.74) is 8.22. The molecule has 1 aliphatic rings. The minimum Gasteiger partial charge on any atom is -0.493 e. The first-order valence-electron chi connectivity index (χ1n) is 8.60. The molecule has 0 saturated heterocycles. The molecule has 1 heterocycles. The third kappa shape index (κ3) is 3.48. The van der Waals surface area contributed by atoms with Crippen molar-refractivity contribution in [3.05, 3.63) is 59.2 Å². The van der Waals surface area contributed by atoms with Gasteiger partial charge in [0.25, 0.3) is 0 Å². The van der Waals surface area contributed by atoms with Crippen molar-refractivity contribution in [2.24, 2.45) is 11.7 Å². The number of hydrogen-bond donors (Lipinski definition) is 1. The fraction of sp³-hybridized carbons (Fsp3) is 0.381. The van der Waals surface area contributed by atoms with Crippen LogP contribution >= 0.6 is 0 Å². The Morgan fingerprint density at radius 1 is 1.24 bits per heavy atom. The number of carbonyl (C=O) groups excluding carboxylic acids is 1. The monoisotopic (exact) mass is 339 g/mol. The lowest BCUT2D eigenvalue weighted by atomic mass is 9.83. The first-order chi connectivity index (χ1) is 11.9. The van der Waals surface area contributed by atoms with E-state index in [0.29, 0.717) is 12.5 Å². The van der Waals surface area contributed by atoms with Crippen molar-refractivity contribution < 1.29 is 14.3 Å². The maximum Gasteiger partial charge on any atom is 0.227 e. The number of carbonyl (C=O) groups is 1. The first-order valence-corrected chi connectivity index (χ1v) is 8.60. The predicted molar refractivity (Wildman–Crippen MR) is 98.0 cm³/mol. The zero-order valence-corrected chi connectivity index (χ0v) is 15.0. The van der Waals surface area contributed by atoms with E-state index in [2.05, 4.69) is 18.2 Å². The van der Waals surface area contributed by atoms with Gasteiger partial charge in [0.15, 0.2) is 11.5 Å². The molecule has 132 valence electrons. The Morgan fingerprint density at radius 3 is 2.60 bits per heavy atom. The molecule has 2 N–H and O–H groups in total. The number of rotatable bonds is 5.